The van der Waals surface area contributed by atoms with Gasteiger partial charge in [0.25, 0.3) is 5.91 Å². The molecule has 20 heavy (non-hydrogen) atoms. The highest BCUT2D eigenvalue weighted by molar-refractivity contribution is 5.92. The second-order valence-corrected chi connectivity index (χ2v) is 5.02. The van der Waals surface area contributed by atoms with Crippen molar-refractivity contribution in [2.75, 3.05) is 38.0 Å². The number of anilines is 1. The molecule has 2 heterocycles. The molecule has 0 saturated carbocycles. The van der Waals surface area contributed by atoms with Gasteiger partial charge in [-0.3, -0.25) is 9.78 Å². The zero-order valence-corrected chi connectivity index (χ0v) is 12.1. The summed E-state index contributed by atoms with van der Waals surface area (Å²) in [4.78, 5) is 22.7. The van der Waals surface area contributed by atoms with Crippen molar-refractivity contribution in [3.05, 3.63) is 18.1 Å². The van der Waals surface area contributed by atoms with Gasteiger partial charge in [0.05, 0.1) is 12.4 Å². The number of nitrogens with zero attached hydrogens (tertiary/aromatic N) is 3. The van der Waals surface area contributed by atoms with E-state index in [-0.39, 0.29) is 5.91 Å². The molecule has 0 unspecified atom stereocenters. The molecule has 0 aromatic carbocycles. The van der Waals surface area contributed by atoms with Crippen LogP contribution in [0.1, 0.15) is 36.7 Å². The van der Waals surface area contributed by atoms with Gasteiger partial charge < -0.3 is 15.5 Å². The Morgan fingerprint density at radius 2 is 2.10 bits per heavy atom. The van der Waals surface area contributed by atoms with Crippen LogP contribution in [0.5, 0.6) is 0 Å². The van der Waals surface area contributed by atoms with E-state index in [0.717, 1.165) is 32.6 Å². The second kappa shape index (κ2) is 7.79. The average Bonchev–Trinajstić information content (AvgIpc) is 2.98. The molecule has 2 N–H and O–H groups in total. The van der Waals surface area contributed by atoms with Gasteiger partial charge in [-0.15, -0.1) is 0 Å². The van der Waals surface area contributed by atoms with Gasteiger partial charge >= 0.3 is 0 Å². The maximum atomic E-state index is 12.0. The van der Waals surface area contributed by atoms with E-state index in [2.05, 4.69) is 32.4 Å². The third-order valence-electron chi connectivity index (χ3n) is 3.34. The lowest BCUT2D eigenvalue weighted by Crippen LogP contribution is -2.34. The molecule has 1 fully saturated rings. The predicted octanol–water partition coefficient (Wildman–Crippen LogP) is 1.12. The van der Waals surface area contributed by atoms with Gasteiger partial charge in [0.15, 0.2) is 0 Å². The Bertz CT molecular complexity index is 431. The summed E-state index contributed by atoms with van der Waals surface area (Å²) >= 11 is 0. The van der Waals surface area contributed by atoms with Crippen LogP contribution in [0.15, 0.2) is 12.4 Å². The lowest BCUT2D eigenvalue weighted by molar-refractivity contribution is 0.0944. The molecule has 0 radical (unpaired) electrons. The van der Waals surface area contributed by atoms with Gasteiger partial charge in [-0.05, 0) is 32.4 Å². The number of hydrogen-bond donors (Lipinski definition) is 2. The van der Waals surface area contributed by atoms with Crippen molar-refractivity contribution in [3.63, 3.8) is 0 Å². The lowest BCUT2D eigenvalue weighted by atomic mass is 10.4. The third kappa shape index (κ3) is 4.45. The van der Waals surface area contributed by atoms with Crippen molar-refractivity contribution in [3.8, 4) is 0 Å². The van der Waals surface area contributed by atoms with Crippen molar-refractivity contribution in [2.45, 2.75) is 26.2 Å². The molecule has 0 aliphatic carbocycles. The first-order chi connectivity index (χ1) is 9.79. The molecule has 110 valence electrons. The largest absolute Gasteiger partial charge is 0.369 e. The van der Waals surface area contributed by atoms with Crippen LogP contribution in [0.2, 0.25) is 0 Å². The average molecular weight is 277 g/mol. The molecule has 0 bridgehead atoms. The van der Waals surface area contributed by atoms with E-state index in [1.54, 1.807) is 6.20 Å². The van der Waals surface area contributed by atoms with E-state index in [0.29, 0.717) is 18.1 Å². The van der Waals surface area contributed by atoms with Gasteiger partial charge in [-0.2, -0.15) is 0 Å². The van der Waals surface area contributed by atoms with Crippen LogP contribution in [0, 0.1) is 0 Å². The highest BCUT2D eigenvalue weighted by atomic mass is 16.1. The molecule has 1 saturated heterocycles. The number of nitrogens with one attached hydrogen (secondary N) is 2. The smallest absolute Gasteiger partial charge is 0.271 e. The Morgan fingerprint density at radius 3 is 2.85 bits per heavy atom. The van der Waals surface area contributed by atoms with Crippen LogP contribution in [-0.4, -0.2) is 53.5 Å². The maximum Gasteiger partial charge on any atom is 0.271 e. The molecule has 1 aliphatic rings. The summed E-state index contributed by atoms with van der Waals surface area (Å²) in [6.07, 6.45) is 6.68. The minimum absolute atomic E-state index is 0.156. The number of carbonyl (C=O) groups is 1. The Hall–Kier alpha value is -1.69. The fourth-order valence-corrected chi connectivity index (χ4v) is 2.24. The number of likely N-dealkylation sites (tertiary alicyclic amines) is 1. The Balaban J connectivity index is 1.78. The standard InChI is InChI=1S/C14H23N5O/c1-2-5-16-13-11-15-10-12(18-13)14(20)17-6-9-19-7-3-4-8-19/h10-11H,2-9H2,1H3,(H,16,18)(H,17,20). The van der Waals surface area contributed by atoms with E-state index < -0.39 is 0 Å². The summed E-state index contributed by atoms with van der Waals surface area (Å²) in [6, 6.07) is 0. The highest BCUT2D eigenvalue weighted by Gasteiger charge is 2.12. The predicted molar refractivity (Wildman–Crippen MR) is 78.8 cm³/mol. The first kappa shape index (κ1) is 14.7. The van der Waals surface area contributed by atoms with Crippen LogP contribution in [-0.2, 0) is 0 Å². The molecule has 6 heteroatoms. The van der Waals surface area contributed by atoms with E-state index in [9.17, 15) is 4.79 Å². The van der Waals surface area contributed by atoms with Gasteiger partial charge in [0.2, 0.25) is 0 Å². The Kier molecular flexibility index (Phi) is 5.73. The summed E-state index contributed by atoms with van der Waals surface area (Å²) in [7, 11) is 0. The van der Waals surface area contributed by atoms with Crippen molar-refractivity contribution in [1.29, 1.82) is 0 Å². The Morgan fingerprint density at radius 1 is 1.30 bits per heavy atom. The SMILES string of the molecule is CCCNc1cncc(C(=O)NCCN2CCCC2)n1. The minimum Gasteiger partial charge on any atom is -0.369 e. The summed E-state index contributed by atoms with van der Waals surface area (Å²) in [5.74, 6) is 0.496. The number of carbonyl (C=O) groups excluding carboxylic acids is 1. The molecular weight excluding hydrogens is 254 g/mol. The summed E-state index contributed by atoms with van der Waals surface area (Å²) in [5.41, 5.74) is 0.368. The monoisotopic (exact) mass is 277 g/mol. The molecule has 1 amide bonds. The zero-order valence-electron chi connectivity index (χ0n) is 12.1. The summed E-state index contributed by atoms with van der Waals surface area (Å²) < 4.78 is 0. The van der Waals surface area contributed by atoms with Gasteiger partial charge in [0.1, 0.15) is 11.5 Å². The molecule has 1 aromatic heterocycles. The van der Waals surface area contributed by atoms with Crippen molar-refractivity contribution in [1.82, 2.24) is 20.2 Å². The van der Waals surface area contributed by atoms with Crippen molar-refractivity contribution < 1.29 is 4.79 Å². The van der Waals surface area contributed by atoms with Crippen LogP contribution in [0.25, 0.3) is 0 Å². The Labute approximate surface area is 120 Å². The fourth-order valence-electron chi connectivity index (χ4n) is 2.24. The van der Waals surface area contributed by atoms with Crippen molar-refractivity contribution in [2.24, 2.45) is 0 Å². The minimum atomic E-state index is -0.156. The van der Waals surface area contributed by atoms with Gasteiger partial charge in [-0.1, -0.05) is 6.92 Å². The number of hydrogen-bond acceptors (Lipinski definition) is 5. The van der Waals surface area contributed by atoms with E-state index in [1.807, 2.05) is 0 Å². The maximum absolute atomic E-state index is 12.0. The van der Waals surface area contributed by atoms with E-state index in [4.69, 9.17) is 0 Å². The number of rotatable bonds is 7. The number of aromatic nitrogens is 2. The number of amides is 1. The van der Waals surface area contributed by atoms with E-state index in [1.165, 1.54) is 19.0 Å². The molecule has 1 aromatic rings. The van der Waals surface area contributed by atoms with Crippen LogP contribution in [0.3, 0.4) is 0 Å². The molecule has 0 spiro atoms. The molecule has 1 aliphatic heterocycles. The topological polar surface area (TPSA) is 70.2 Å². The lowest BCUT2D eigenvalue weighted by Gasteiger charge is -2.14. The van der Waals surface area contributed by atoms with Crippen molar-refractivity contribution >= 4 is 11.7 Å². The second-order valence-electron chi connectivity index (χ2n) is 5.02. The van der Waals surface area contributed by atoms with Crippen LogP contribution in [0.4, 0.5) is 5.82 Å². The molecule has 6 nitrogen and oxygen atoms in total. The fraction of sp³-hybridized carbons (Fsp3) is 0.643. The normalized spacial score (nSPS) is 15.2. The molecule has 0 atom stereocenters. The third-order valence-corrected chi connectivity index (χ3v) is 3.34. The van der Waals surface area contributed by atoms with Crippen LogP contribution < -0.4 is 10.6 Å². The van der Waals surface area contributed by atoms with Crippen LogP contribution >= 0.6 is 0 Å². The highest BCUT2D eigenvalue weighted by Crippen LogP contribution is 2.06. The molecule has 2 rings (SSSR count). The summed E-state index contributed by atoms with van der Waals surface area (Å²) in [6.45, 7) is 6.77. The van der Waals surface area contributed by atoms with Gasteiger partial charge in [0, 0.05) is 19.6 Å². The first-order valence-electron chi connectivity index (χ1n) is 7.36. The zero-order chi connectivity index (χ0) is 14.2. The molecular formula is C14H23N5O. The van der Waals surface area contributed by atoms with E-state index >= 15 is 0 Å². The van der Waals surface area contributed by atoms with Gasteiger partial charge in [-0.25, -0.2) is 4.98 Å². The summed E-state index contributed by atoms with van der Waals surface area (Å²) in [5, 5.41) is 6.03. The quantitative estimate of drug-likeness (QED) is 0.781. The first-order valence-corrected chi connectivity index (χ1v) is 7.36.